The number of ether oxygens (including phenoxy) is 1. The molecule has 14 heavy (non-hydrogen) atoms. The Kier molecular flexibility index (Phi) is 5.62. The van der Waals surface area contributed by atoms with E-state index in [1.807, 2.05) is 0 Å². The summed E-state index contributed by atoms with van der Waals surface area (Å²) < 4.78 is 30.6. The predicted octanol–water partition coefficient (Wildman–Crippen LogP) is -1.67. The van der Waals surface area contributed by atoms with E-state index in [9.17, 15) is 8.42 Å². The number of hydrogen-bond donors (Lipinski definition) is 3. The van der Waals surface area contributed by atoms with Gasteiger partial charge in [0, 0.05) is 20.7 Å². The molecule has 0 aromatic heterocycles. The summed E-state index contributed by atoms with van der Waals surface area (Å²) in [4.78, 5) is 0. The lowest BCUT2D eigenvalue weighted by molar-refractivity contribution is 0.204. The highest BCUT2D eigenvalue weighted by Crippen LogP contribution is 1.91. The maximum Gasteiger partial charge on any atom is 0.279 e. The minimum atomic E-state index is -3.55. The molecule has 0 bridgehead atoms. The number of methoxy groups -OCH3 is 1. The van der Waals surface area contributed by atoms with Crippen molar-refractivity contribution in [2.24, 2.45) is 5.73 Å². The molecule has 0 atom stereocenters. The van der Waals surface area contributed by atoms with Crippen molar-refractivity contribution < 1.29 is 13.2 Å². The Morgan fingerprint density at radius 2 is 2.21 bits per heavy atom. The van der Waals surface area contributed by atoms with Crippen LogP contribution in [0.4, 0.5) is 0 Å². The summed E-state index contributed by atoms with van der Waals surface area (Å²) in [7, 11) is -0.722. The lowest BCUT2D eigenvalue weighted by Gasteiger charge is -2.16. The first-order valence-corrected chi connectivity index (χ1v) is 5.37. The topological polar surface area (TPSA) is 109 Å². The van der Waals surface area contributed by atoms with E-state index in [4.69, 9.17) is 11.1 Å². The van der Waals surface area contributed by atoms with Gasteiger partial charge in [-0.3, -0.25) is 5.41 Å². The first-order valence-electron chi connectivity index (χ1n) is 3.93. The fourth-order valence-corrected chi connectivity index (χ4v) is 1.58. The quantitative estimate of drug-likeness (QED) is 0.273. The summed E-state index contributed by atoms with van der Waals surface area (Å²) in [5, 5.41) is 6.94. The van der Waals surface area contributed by atoms with E-state index in [0.717, 1.165) is 4.31 Å². The van der Waals surface area contributed by atoms with Gasteiger partial charge in [-0.15, -0.1) is 0 Å². The molecule has 0 radical (unpaired) electrons. The fourth-order valence-electron chi connectivity index (χ4n) is 0.708. The molecule has 0 heterocycles. The Morgan fingerprint density at radius 1 is 1.64 bits per heavy atom. The van der Waals surface area contributed by atoms with Crippen molar-refractivity contribution in [1.82, 2.24) is 9.03 Å². The van der Waals surface area contributed by atoms with Crippen molar-refractivity contribution in [3.63, 3.8) is 0 Å². The number of likely N-dealkylation sites (N-methyl/N-ethyl adjacent to an activating group) is 1. The molecule has 0 aromatic carbocycles. The molecule has 8 heteroatoms. The summed E-state index contributed by atoms with van der Waals surface area (Å²) in [5.74, 6) is -0.204. The van der Waals surface area contributed by atoms with Gasteiger partial charge in [-0.2, -0.15) is 17.4 Å². The van der Waals surface area contributed by atoms with Gasteiger partial charge >= 0.3 is 0 Å². The average molecular weight is 224 g/mol. The number of amidine groups is 1. The largest absolute Gasteiger partial charge is 0.387 e. The van der Waals surface area contributed by atoms with Crippen LogP contribution >= 0.6 is 0 Å². The lowest BCUT2D eigenvalue weighted by atomic mass is 10.6. The van der Waals surface area contributed by atoms with Crippen molar-refractivity contribution in [2.75, 3.05) is 33.9 Å². The molecule has 0 aliphatic carbocycles. The predicted molar refractivity (Wildman–Crippen MR) is 53.3 cm³/mol. The maximum absolute atomic E-state index is 11.3. The summed E-state index contributed by atoms with van der Waals surface area (Å²) in [6.07, 6.45) is 0. The van der Waals surface area contributed by atoms with E-state index in [0.29, 0.717) is 6.61 Å². The molecular formula is C6H16N4O3S. The number of nitrogens with two attached hydrogens (primary N) is 1. The molecule has 0 aromatic rings. The standard InChI is InChI=1S/C6H16N4O3S/c1-10(5-6(7)8)14(11,12)9-3-4-13-2/h9H,3-5H2,1-2H3,(H3,7,8). The van der Waals surface area contributed by atoms with Crippen LogP contribution in [0.25, 0.3) is 0 Å². The highest BCUT2D eigenvalue weighted by Gasteiger charge is 2.16. The average Bonchev–Trinajstić information content (AvgIpc) is 2.03. The number of nitrogens with one attached hydrogen (secondary N) is 2. The molecule has 0 saturated heterocycles. The van der Waals surface area contributed by atoms with Gasteiger partial charge in [-0.05, 0) is 0 Å². The van der Waals surface area contributed by atoms with Gasteiger partial charge in [0.2, 0.25) is 0 Å². The van der Waals surface area contributed by atoms with E-state index in [1.54, 1.807) is 0 Å². The molecular weight excluding hydrogens is 208 g/mol. The van der Waals surface area contributed by atoms with Crippen LogP contribution < -0.4 is 10.5 Å². The SMILES string of the molecule is COCCNS(=O)(=O)N(C)CC(=N)N. The Balaban J connectivity index is 4.10. The number of rotatable bonds is 7. The van der Waals surface area contributed by atoms with Crippen LogP contribution in [0, 0.1) is 5.41 Å². The molecule has 84 valence electrons. The van der Waals surface area contributed by atoms with Crippen molar-refractivity contribution in [1.29, 1.82) is 5.41 Å². The Hall–Kier alpha value is -0.700. The van der Waals surface area contributed by atoms with Gasteiger partial charge in [0.05, 0.1) is 13.2 Å². The molecule has 0 saturated carbocycles. The second kappa shape index (κ2) is 5.91. The summed E-state index contributed by atoms with van der Waals surface area (Å²) >= 11 is 0. The third-order valence-corrected chi connectivity index (χ3v) is 2.91. The Morgan fingerprint density at radius 3 is 2.64 bits per heavy atom. The monoisotopic (exact) mass is 224 g/mol. The van der Waals surface area contributed by atoms with Crippen molar-refractivity contribution in [3.8, 4) is 0 Å². The van der Waals surface area contributed by atoms with Crippen LogP contribution in [-0.4, -0.2) is 52.4 Å². The minimum absolute atomic E-state index is 0.123. The second-order valence-corrected chi connectivity index (χ2v) is 4.54. The molecule has 0 unspecified atom stereocenters. The van der Waals surface area contributed by atoms with Crippen molar-refractivity contribution >= 4 is 16.0 Å². The fraction of sp³-hybridized carbons (Fsp3) is 0.833. The summed E-state index contributed by atoms with van der Waals surface area (Å²) in [5.41, 5.74) is 5.07. The van der Waals surface area contributed by atoms with E-state index >= 15 is 0 Å². The minimum Gasteiger partial charge on any atom is -0.387 e. The number of hydrogen-bond acceptors (Lipinski definition) is 4. The smallest absolute Gasteiger partial charge is 0.279 e. The van der Waals surface area contributed by atoms with Gasteiger partial charge in [0.1, 0.15) is 5.84 Å². The van der Waals surface area contributed by atoms with Crippen molar-refractivity contribution in [2.45, 2.75) is 0 Å². The molecule has 4 N–H and O–H groups in total. The van der Waals surface area contributed by atoms with Crippen LogP contribution in [-0.2, 0) is 14.9 Å². The molecule has 0 amide bonds. The molecule has 0 fully saturated rings. The first kappa shape index (κ1) is 13.3. The molecule has 0 aliphatic rings. The normalized spacial score (nSPS) is 11.9. The van der Waals surface area contributed by atoms with Crippen LogP contribution in [0.1, 0.15) is 0 Å². The third-order valence-electron chi connectivity index (χ3n) is 1.39. The second-order valence-electron chi connectivity index (χ2n) is 2.67. The number of nitrogens with zero attached hydrogens (tertiary/aromatic N) is 1. The van der Waals surface area contributed by atoms with Gasteiger partial charge in [0.25, 0.3) is 10.2 Å². The van der Waals surface area contributed by atoms with Crippen LogP contribution in [0.15, 0.2) is 0 Å². The summed E-state index contributed by atoms with van der Waals surface area (Å²) in [6.45, 7) is 0.372. The van der Waals surface area contributed by atoms with Gasteiger partial charge in [-0.1, -0.05) is 0 Å². The van der Waals surface area contributed by atoms with Crippen LogP contribution in [0.2, 0.25) is 0 Å². The first-order chi connectivity index (χ1) is 6.40. The van der Waals surface area contributed by atoms with Crippen LogP contribution in [0.5, 0.6) is 0 Å². The summed E-state index contributed by atoms with van der Waals surface area (Å²) in [6, 6.07) is 0. The molecule has 7 nitrogen and oxygen atoms in total. The van der Waals surface area contributed by atoms with Gasteiger partial charge in [0.15, 0.2) is 0 Å². The van der Waals surface area contributed by atoms with E-state index in [1.165, 1.54) is 14.2 Å². The molecule has 0 aliphatic heterocycles. The molecule has 0 rings (SSSR count). The van der Waals surface area contributed by atoms with Crippen molar-refractivity contribution in [3.05, 3.63) is 0 Å². The zero-order valence-corrected chi connectivity index (χ0v) is 9.10. The van der Waals surface area contributed by atoms with Gasteiger partial charge < -0.3 is 10.5 Å². The lowest BCUT2D eigenvalue weighted by Crippen LogP contribution is -2.43. The maximum atomic E-state index is 11.3. The highest BCUT2D eigenvalue weighted by atomic mass is 32.2. The Bertz CT molecular complexity index is 277. The zero-order valence-electron chi connectivity index (χ0n) is 8.28. The van der Waals surface area contributed by atoms with E-state index in [-0.39, 0.29) is 18.9 Å². The molecule has 0 spiro atoms. The van der Waals surface area contributed by atoms with Gasteiger partial charge in [-0.25, -0.2) is 0 Å². The Labute approximate surface area is 83.9 Å². The van der Waals surface area contributed by atoms with E-state index < -0.39 is 10.2 Å². The highest BCUT2D eigenvalue weighted by molar-refractivity contribution is 7.87. The van der Waals surface area contributed by atoms with Crippen LogP contribution in [0.3, 0.4) is 0 Å². The van der Waals surface area contributed by atoms with E-state index in [2.05, 4.69) is 9.46 Å². The zero-order chi connectivity index (χ0) is 11.2. The third kappa shape index (κ3) is 5.12.